The van der Waals surface area contributed by atoms with E-state index in [0.29, 0.717) is 22.6 Å². The Kier molecular flexibility index (Phi) is 7.07. The van der Waals surface area contributed by atoms with Gasteiger partial charge in [-0.05, 0) is 61.6 Å². The minimum Gasteiger partial charge on any atom is -0.311 e. The Morgan fingerprint density at radius 1 is 1.11 bits per heavy atom. The largest absolute Gasteiger partial charge is 0.311 e. The maximum Gasteiger partial charge on any atom is 0.251 e. The molecule has 192 valence electrons. The smallest absolute Gasteiger partial charge is 0.251 e. The third-order valence-electron chi connectivity index (χ3n) is 7.04. The second kappa shape index (κ2) is 9.65. The lowest BCUT2D eigenvalue weighted by Crippen LogP contribution is -2.63. The van der Waals surface area contributed by atoms with Gasteiger partial charge in [-0.25, -0.2) is 13.1 Å². The van der Waals surface area contributed by atoms with Gasteiger partial charge in [-0.2, -0.15) is 0 Å². The second-order valence-electron chi connectivity index (χ2n) is 10.2. The monoisotopic (exact) mass is 529 g/mol. The van der Waals surface area contributed by atoms with Gasteiger partial charge in [0.2, 0.25) is 15.9 Å². The summed E-state index contributed by atoms with van der Waals surface area (Å²) in [5, 5.41) is 1.46. The van der Waals surface area contributed by atoms with Crippen molar-refractivity contribution in [3.63, 3.8) is 0 Å². The minimum absolute atomic E-state index is 0.00843. The van der Waals surface area contributed by atoms with E-state index >= 15 is 0 Å². The van der Waals surface area contributed by atoms with Gasteiger partial charge in [0, 0.05) is 41.7 Å². The summed E-state index contributed by atoms with van der Waals surface area (Å²) in [5.41, 5.74) is 1.73. The normalized spacial score (nSPS) is 20.9. The third-order valence-corrected chi connectivity index (χ3v) is 9.04. The van der Waals surface area contributed by atoms with E-state index < -0.39 is 21.6 Å². The van der Waals surface area contributed by atoms with Crippen LogP contribution in [0.5, 0.6) is 0 Å². The van der Waals surface area contributed by atoms with Gasteiger partial charge >= 0.3 is 0 Å². The highest BCUT2D eigenvalue weighted by molar-refractivity contribution is 7.89. The first-order valence-electron chi connectivity index (χ1n) is 12.0. The number of hydrogen-bond donors (Lipinski definition) is 1. The average molecular weight is 530 g/mol. The van der Waals surface area contributed by atoms with E-state index in [-0.39, 0.29) is 29.6 Å². The van der Waals surface area contributed by atoms with Crippen LogP contribution >= 0.6 is 11.6 Å². The molecule has 1 N–H and O–H groups in total. The lowest BCUT2D eigenvalue weighted by molar-refractivity contribution is -0.122. The molecule has 0 aliphatic carbocycles. The van der Waals surface area contributed by atoms with Crippen LogP contribution in [0.3, 0.4) is 0 Å². The van der Waals surface area contributed by atoms with Crippen LogP contribution in [0.15, 0.2) is 53.3 Å². The molecular weight excluding hydrogens is 498 g/mol. The van der Waals surface area contributed by atoms with Crippen LogP contribution in [0, 0.1) is 12.8 Å². The number of nitrogens with zero attached hydrogens (tertiary/aromatic N) is 2. The van der Waals surface area contributed by atoms with Gasteiger partial charge in [-0.15, -0.1) is 0 Å². The Morgan fingerprint density at radius 3 is 2.42 bits per heavy atom. The van der Waals surface area contributed by atoms with Crippen LogP contribution in [0.2, 0.25) is 5.02 Å². The van der Waals surface area contributed by atoms with E-state index in [1.165, 1.54) is 0 Å². The number of halogens is 1. The minimum atomic E-state index is -3.60. The predicted octanol–water partition coefficient (Wildman–Crippen LogP) is 4.49. The molecule has 2 aromatic carbocycles. The van der Waals surface area contributed by atoms with Crippen molar-refractivity contribution in [2.24, 2.45) is 13.0 Å². The third kappa shape index (κ3) is 4.82. The Morgan fingerprint density at radius 2 is 1.78 bits per heavy atom. The van der Waals surface area contributed by atoms with Crippen LogP contribution in [-0.4, -0.2) is 30.7 Å². The van der Waals surface area contributed by atoms with Gasteiger partial charge in [-0.3, -0.25) is 9.59 Å². The molecule has 1 amide bonds. The van der Waals surface area contributed by atoms with Crippen LogP contribution < -0.4 is 15.2 Å². The number of nitrogens with one attached hydrogen (secondary N) is 1. The molecule has 9 heteroatoms. The molecule has 3 aromatic rings. The number of rotatable bonds is 6. The van der Waals surface area contributed by atoms with E-state index in [1.54, 1.807) is 34.7 Å². The number of hydrogen-bond acceptors (Lipinski definition) is 4. The van der Waals surface area contributed by atoms with Gasteiger partial charge in [0.1, 0.15) is 0 Å². The summed E-state index contributed by atoms with van der Waals surface area (Å²) in [7, 11) is -1.90. The zero-order valence-corrected chi connectivity index (χ0v) is 22.8. The summed E-state index contributed by atoms with van der Waals surface area (Å²) in [6, 6.07) is 13.8. The summed E-state index contributed by atoms with van der Waals surface area (Å²) in [4.78, 5) is 27.7. The molecule has 0 unspecified atom stereocenters. The van der Waals surface area contributed by atoms with Crippen molar-refractivity contribution in [2.75, 3.05) is 10.7 Å². The second-order valence-corrected chi connectivity index (χ2v) is 12.4. The van der Waals surface area contributed by atoms with Crippen molar-refractivity contribution >= 4 is 44.1 Å². The van der Waals surface area contributed by atoms with Gasteiger partial charge in [-0.1, -0.05) is 43.6 Å². The number of sulfonamides is 1. The predicted molar refractivity (Wildman–Crippen MR) is 145 cm³/mol. The summed E-state index contributed by atoms with van der Waals surface area (Å²) < 4.78 is 30.5. The van der Waals surface area contributed by atoms with Crippen molar-refractivity contribution in [1.29, 1.82) is 0 Å². The van der Waals surface area contributed by atoms with Gasteiger partial charge < -0.3 is 9.47 Å². The fraction of sp³-hybridized carbons (Fsp3) is 0.407. The quantitative estimate of drug-likeness (QED) is 0.509. The molecule has 7 nitrogen and oxygen atoms in total. The number of aryl methyl sites for hydroxylation is 2. The number of carbonyl (C=O) groups is 1. The van der Waals surface area contributed by atoms with Crippen LogP contribution in [0.4, 0.5) is 5.69 Å². The highest BCUT2D eigenvalue weighted by Gasteiger charge is 2.49. The number of aromatic nitrogens is 1. The first-order valence-corrected chi connectivity index (χ1v) is 14.1. The Labute approximate surface area is 217 Å². The number of piperidine rings is 1. The van der Waals surface area contributed by atoms with Crippen molar-refractivity contribution in [3.8, 4) is 0 Å². The lowest BCUT2D eigenvalue weighted by Gasteiger charge is -2.50. The molecule has 2 heterocycles. The van der Waals surface area contributed by atoms with E-state index in [4.69, 9.17) is 11.6 Å². The van der Waals surface area contributed by atoms with Crippen molar-refractivity contribution in [2.45, 2.75) is 52.1 Å². The molecule has 1 aliphatic rings. The highest BCUT2D eigenvalue weighted by atomic mass is 35.5. The number of pyridine rings is 1. The number of benzene rings is 2. The van der Waals surface area contributed by atoms with E-state index in [0.717, 1.165) is 16.5 Å². The first kappa shape index (κ1) is 26.4. The maximum absolute atomic E-state index is 13.5. The zero-order valence-electron chi connectivity index (χ0n) is 21.2. The van der Waals surface area contributed by atoms with Gasteiger partial charge in [0.25, 0.3) is 5.56 Å². The number of fused-ring (bicyclic) bond motifs is 1. The standard InChI is InChI=1S/C27H32ClN3O4S/c1-17(2)16-36(34,35)29-24-12-13-25(32)31(27(24,4)19-6-8-20(28)9-7-19)21-10-11-22-18(3)14-26(33)30(5)23(22)15-21/h6-11,14-15,17,24,29H,12-13,16H2,1-5H3/t24-,27+/m0/s1. The van der Waals surface area contributed by atoms with Crippen molar-refractivity contribution in [1.82, 2.24) is 9.29 Å². The van der Waals surface area contributed by atoms with Gasteiger partial charge in [0.05, 0.1) is 16.8 Å². The fourth-order valence-corrected chi connectivity index (χ4v) is 7.11. The molecule has 36 heavy (non-hydrogen) atoms. The Bertz CT molecular complexity index is 1480. The van der Waals surface area contributed by atoms with Crippen LogP contribution in [0.1, 0.15) is 44.7 Å². The van der Waals surface area contributed by atoms with E-state index in [2.05, 4.69) is 4.72 Å². The van der Waals surface area contributed by atoms with E-state index in [9.17, 15) is 18.0 Å². The molecule has 1 aliphatic heterocycles. The number of amides is 1. The molecule has 0 saturated carbocycles. The number of carbonyl (C=O) groups excluding carboxylic acids is 1. The average Bonchev–Trinajstić information content (AvgIpc) is 2.79. The molecule has 0 radical (unpaired) electrons. The highest BCUT2D eigenvalue weighted by Crippen LogP contribution is 2.42. The first-order chi connectivity index (χ1) is 16.8. The van der Waals surface area contributed by atoms with Gasteiger partial charge in [0.15, 0.2) is 0 Å². The van der Waals surface area contributed by atoms with Crippen molar-refractivity contribution in [3.05, 3.63) is 75.0 Å². The Hall–Kier alpha value is -2.68. The molecule has 0 spiro atoms. The summed E-state index contributed by atoms with van der Waals surface area (Å²) in [6.07, 6.45) is 0.541. The molecule has 1 fully saturated rings. The SMILES string of the molecule is Cc1cc(=O)n(C)c2cc(N3C(=O)CC[C@H](NS(=O)(=O)CC(C)C)[C@@]3(C)c3ccc(Cl)cc3)ccc12. The summed E-state index contributed by atoms with van der Waals surface area (Å²) in [5.74, 6) is -0.176. The number of anilines is 1. The molecule has 2 atom stereocenters. The zero-order chi connectivity index (χ0) is 26.4. The van der Waals surface area contributed by atoms with Crippen LogP contribution in [0.25, 0.3) is 10.9 Å². The molecule has 4 rings (SSSR count). The molecular formula is C27H32ClN3O4S. The van der Waals surface area contributed by atoms with Crippen molar-refractivity contribution < 1.29 is 13.2 Å². The Balaban J connectivity index is 1.92. The maximum atomic E-state index is 13.5. The van der Waals surface area contributed by atoms with Crippen LogP contribution in [-0.2, 0) is 27.4 Å². The lowest BCUT2D eigenvalue weighted by atomic mass is 9.77. The molecule has 1 aromatic heterocycles. The van der Waals surface area contributed by atoms with E-state index in [1.807, 2.05) is 58.0 Å². The fourth-order valence-electron chi connectivity index (χ4n) is 5.23. The molecule has 1 saturated heterocycles. The molecule has 0 bridgehead atoms. The topological polar surface area (TPSA) is 88.5 Å². The summed E-state index contributed by atoms with van der Waals surface area (Å²) >= 11 is 6.17. The summed E-state index contributed by atoms with van der Waals surface area (Å²) in [6.45, 7) is 7.48.